The number of aromatic nitrogens is 4. The van der Waals surface area contributed by atoms with E-state index in [0.29, 0.717) is 11.5 Å². The number of aliphatic hydroxyl groups is 1. The fourth-order valence-corrected chi connectivity index (χ4v) is 2.55. The van der Waals surface area contributed by atoms with Gasteiger partial charge in [0.2, 0.25) is 5.95 Å². The average Bonchev–Trinajstić information content (AvgIpc) is 2.96. The second-order valence-electron chi connectivity index (χ2n) is 5.01. The number of hydrogen-bond acceptors (Lipinski definition) is 5. The van der Waals surface area contributed by atoms with Crippen molar-refractivity contribution in [2.24, 2.45) is 0 Å². The zero-order valence-electron chi connectivity index (χ0n) is 11.6. The molecule has 22 heavy (non-hydrogen) atoms. The second kappa shape index (κ2) is 4.78. The molecule has 0 saturated heterocycles. The Hall–Kier alpha value is -2.99. The summed E-state index contributed by atoms with van der Waals surface area (Å²) in [5.41, 5.74) is 7.81. The van der Waals surface area contributed by atoms with Crippen molar-refractivity contribution in [3.63, 3.8) is 0 Å². The molecule has 0 aliphatic rings. The summed E-state index contributed by atoms with van der Waals surface area (Å²) in [4.78, 5) is 8.80. The van der Waals surface area contributed by atoms with Crippen LogP contribution in [0, 0.1) is 0 Å². The minimum absolute atomic E-state index is 0.152. The summed E-state index contributed by atoms with van der Waals surface area (Å²) < 4.78 is 1.51. The predicted octanol–water partition coefficient (Wildman–Crippen LogP) is 1.94. The topological polar surface area (TPSA) is 89.3 Å². The molecule has 0 saturated carbocycles. The third-order valence-electron chi connectivity index (χ3n) is 3.58. The SMILES string of the molecule is Nc1nc2c3ccccc3nc(C(O)c3ccccc3)n2n1. The molecule has 6 nitrogen and oxygen atoms in total. The van der Waals surface area contributed by atoms with Crippen molar-refractivity contribution in [2.75, 3.05) is 5.73 Å². The van der Waals surface area contributed by atoms with E-state index < -0.39 is 6.10 Å². The third-order valence-corrected chi connectivity index (χ3v) is 3.58. The van der Waals surface area contributed by atoms with Gasteiger partial charge >= 0.3 is 0 Å². The maximum Gasteiger partial charge on any atom is 0.240 e. The van der Waals surface area contributed by atoms with Crippen molar-refractivity contribution >= 4 is 22.5 Å². The number of nitrogens with two attached hydrogens (primary N) is 1. The number of hydrogen-bond donors (Lipinski definition) is 2. The number of aliphatic hydroxyl groups excluding tert-OH is 1. The van der Waals surface area contributed by atoms with Crippen LogP contribution in [0.15, 0.2) is 54.6 Å². The van der Waals surface area contributed by atoms with Crippen LogP contribution in [0.25, 0.3) is 16.6 Å². The van der Waals surface area contributed by atoms with E-state index in [2.05, 4.69) is 15.1 Å². The molecular weight excluding hydrogens is 278 g/mol. The van der Waals surface area contributed by atoms with E-state index in [1.165, 1.54) is 4.52 Å². The van der Waals surface area contributed by atoms with Crippen LogP contribution < -0.4 is 5.73 Å². The normalized spacial score (nSPS) is 12.8. The lowest BCUT2D eigenvalue weighted by atomic mass is 10.1. The molecule has 108 valence electrons. The van der Waals surface area contributed by atoms with Gasteiger partial charge in [-0.1, -0.05) is 42.5 Å². The Kier molecular flexibility index (Phi) is 2.77. The van der Waals surface area contributed by atoms with Gasteiger partial charge in [0.05, 0.1) is 5.52 Å². The molecule has 0 radical (unpaired) electrons. The maximum atomic E-state index is 10.7. The highest BCUT2D eigenvalue weighted by molar-refractivity contribution is 5.91. The number of rotatable bonds is 2. The summed E-state index contributed by atoms with van der Waals surface area (Å²) in [5.74, 6) is 0.545. The Morgan fingerprint density at radius 3 is 2.50 bits per heavy atom. The number of fused-ring (bicyclic) bond motifs is 3. The van der Waals surface area contributed by atoms with E-state index in [9.17, 15) is 5.11 Å². The monoisotopic (exact) mass is 291 g/mol. The van der Waals surface area contributed by atoms with E-state index in [-0.39, 0.29) is 5.95 Å². The van der Waals surface area contributed by atoms with Crippen molar-refractivity contribution in [3.8, 4) is 0 Å². The van der Waals surface area contributed by atoms with Gasteiger partial charge in [0.1, 0.15) is 6.10 Å². The number of nitrogen functional groups attached to an aromatic ring is 1. The van der Waals surface area contributed by atoms with E-state index in [4.69, 9.17) is 5.73 Å². The standard InChI is InChI=1S/C16H13N5O/c17-16-19-14-11-8-4-5-9-12(11)18-15(21(14)20-16)13(22)10-6-2-1-3-7-10/h1-9,13,22H,(H2,17,20). The van der Waals surface area contributed by atoms with Crippen LogP contribution in [0.1, 0.15) is 17.5 Å². The lowest BCUT2D eigenvalue weighted by Crippen LogP contribution is -2.10. The van der Waals surface area contributed by atoms with E-state index in [1.807, 2.05) is 54.6 Å². The summed E-state index contributed by atoms with van der Waals surface area (Å²) in [6.45, 7) is 0. The van der Waals surface area contributed by atoms with Crippen LogP contribution in [0.2, 0.25) is 0 Å². The summed E-state index contributed by atoms with van der Waals surface area (Å²) in [6.07, 6.45) is -0.908. The molecule has 0 spiro atoms. The largest absolute Gasteiger partial charge is 0.380 e. The maximum absolute atomic E-state index is 10.7. The van der Waals surface area contributed by atoms with Gasteiger partial charge in [-0.05, 0) is 17.7 Å². The smallest absolute Gasteiger partial charge is 0.240 e. The molecule has 1 atom stereocenters. The zero-order chi connectivity index (χ0) is 15.1. The summed E-state index contributed by atoms with van der Waals surface area (Å²) in [5, 5.41) is 15.7. The van der Waals surface area contributed by atoms with Crippen LogP contribution >= 0.6 is 0 Å². The van der Waals surface area contributed by atoms with Crippen LogP contribution in [-0.2, 0) is 0 Å². The fraction of sp³-hybridized carbons (Fsp3) is 0.0625. The molecule has 2 heterocycles. The number of para-hydroxylation sites is 1. The highest BCUT2D eigenvalue weighted by Crippen LogP contribution is 2.25. The molecule has 3 N–H and O–H groups in total. The van der Waals surface area contributed by atoms with Gasteiger partial charge in [-0.25, -0.2) is 4.98 Å². The van der Waals surface area contributed by atoms with Crippen LogP contribution in [0.3, 0.4) is 0 Å². The first kappa shape index (κ1) is 12.7. The Morgan fingerprint density at radius 1 is 0.955 bits per heavy atom. The molecule has 1 unspecified atom stereocenters. The molecule has 2 aromatic carbocycles. The second-order valence-corrected chi connectivity index (χ2v) is 5.01. The number of anilines is 1. The van der Waals surface area contributed by atoms with Crippen molar-refractivity contribution in [1.29, 1.82) is 0 Å². The molecule has 0 amide bonds. The third kappa shape index (κ3) is 1.89. The zero-order valence-corrected chi connectivity index (χ0v) is 11.6. The molecule has 0 fully saturated rings. The van der Waals surface area contributed by atoms with Crippen molar-refractivity contribution < 1.29 is 5.11 Å². The lowest BCUT2D eigenvalue weighted by Gasteiger charge is -2.12. The molecule has 4 rings (SSSR count). The molecule has 4 aromatic rings. The van der Waals surface area contributed by atoms with Gasteiger partial charge in [-0.3, -0.25) is 0 Å². The first-order chi connectivity index (χ1) is 10.7. The summed E-state index contributed by atoms with van der Waals surface area (Å²) in [6, 6.07) is 16.9. The van der Waals surface area contributed by atoms with Gasteiger partial charge < -0.3 is 10.8 Å². The van der Waals surface area contributed by atoms with Crippen molar-refractivity contribution in [3.05, 3.63) is 66.0 Å². The summed E-state index contributed by atoms with van der Waals surface area (Å²) >= 11 is 0. The fourth-order valence-electron chi connectivity index (χ4n) is 2.55. The quantitative estimate of drug-likeness (QED) is 0.589. The highest BCUT2D eigenvalue weighted by atomic mass is 16.3. The Labute approximate surface area is 125 Å². The number of nitrogens with zero attached hydrogens (tertiary/aromatic N) is 4. The molecular formula is C16H13N5O. The minimum atomic E-state index is -0.908. The molecule has 2 aromatic heterocycles. The molecule has 0 bridgehead atoms. The Bertz CT molecular complexity index is 964. The van der Waals surface area contributed by atoms with E-state index in [1.54, 1.807) is 0 Å². The van der Waals surface area contributed by atoms with Gasteiger partial charge in [0.15, 0.2) is 11.5 Å². The Morgan fingerprint density at radius 2 is 1.68 bits per heavy atom. The summed E-state index contributed by atoms with van der Waals surface area (Å²) in [7, 11) is 0. The Balaban J connectivity index is 2.03. The molecule has 6 heteroatoms. The predicted molar refractivity (Wildman–Crippen MR) is 83.2 cm³/mol. The minimum Gasteiger partial charge on any atom is -0.380 e. The van der Waals surface area contributed by atoms with Crippen molar-refractivity contribution in [1.82, 2.24) is 19.6 Å². The first-order valence-electron chi connectivity index (χ1n) is 6.88. The number of benzene rings is 2. The molecule has 0 aliphatic heterocycles. The average molecular weight is 291 g/mol. The van der Waals surface area contributed by atoms with Crippen LogP contribution in [0.5, 0.6) is 0 Å². The lowest BCUT2D eigenvalue weighted by molar-refractivity contribution is 0.207. The first-order valence-corrected chi connectivity index (χ1v) is 6.88. The van der Waals surface area contributed by atoms with Crippen molar-refractivity contribution in [2.45, 2.75) is 6.10 Å². The van der Waals surface area contributed by atoms with Gasteiger partial charge in [0, 0.05) is 5.39 Å². The molecule has 0 aliphatic carbocycles. The van der Waals surface area contributed by atoms with E-state index >= 15 is 0 Å². The van der Waals surface area contributed by atoms with Crippen LogP contribution in [0.4, 0.5) is 5.95 Å². The van der Waals surface area contributed by atoms with Gasteiger partial charge in [-0.2, -0.15) is 9.50 Å². The van der Waals surface area contributed by atoms with Crippen LogP contribution in [-0.4, -0.2) is 24.7 Å². The van der Waals surface area contributed by atoms with E-state index in [0.717, 1.165) is 16.5 Å². The van der Waals surface area contributed by atoms with Gasteiger partial charge in [-0.15, -0.1) is 5.10 Å². The highest BCUT2D eigenvalue weighted by Gasteiger charge is 2.19. The van der Waals surface area contributed by atoms with Gasteiger partial charge in [0.25, 0.3) is 0 Å².